The van der Waals surface area contributed by atoms with Crippen molar-refractivity contribution in [1.29, 1.82) is 0 Å². The van der Waals surface area contributed by atoms with E-state index in [4.69, 9.17) is 4.74 Å². The van der Waals surface area contributed by atoms with Crippen molar-refractivity contribution >= 4 is 22.0 Å². The number of hydrogen-bond acceptors (Lipinski definition) is 4. The monoisotopic (exact) mass is 329 g/mol. The Morgan fingerprint density at radius 1 is 1.58 bits per heavy atom. The Morgan fingerprint density at radius 2 is 2.21 bits per heavy atom. The van der Waals surface area contributed by atoms with Gasteiger partial charge < -0.3 is 9.84 Å². The van der Waals surface area contributed by atoms with Gasteiger partial charge in [0.1, 0.15) is 0 Å². The van der Waals surface area contributed by atoms with Crippen LogP contribution in [0.5, 0.6) is 11.5 Å². The van der Waals surface area contributed by atoms with Crippen molar-refractivity contribution in [2.45, 2.75) is 20.3 Å². The van der Waals surface area contributed by atoms with Crippen LogP contribution in [0, 0.1) is 16.0 Å². The number of aromatic hydroxyl groups is 1. The van der Waals surface area contributed by atoms with Crippen LogP contribution < -0.4 is 4.74 Å². The van der Waals surface area contributed by atoms with Gasteiger partial charge in [-0.1, -0.05) is 13.8 Å². The summed E-state index contributed by atoms with van der Waals surface area (Å²) in [6.07, 6.45) is 1.88. The number of methoxy groups -OCH3 is 1. The minimum absolute atomic E-state index is 0.0221. The van der Waals surface area contributed by atoms with Crippen LogP contribution in [-0.4, -0.2) is 17.1 Å². The summed E-state index contributed by atoms with van der Waals surface area (Å²) in [7, 11) is 1.43. The van der Waals surface area contributed by atoms with Crippen molar-refractivity contribution in [2.24, 2.45) is 5.92 Å². The van der Waals surface area contributed by atoms with Crippen LogP contribution in [0.2, 0.25) is 0 Å². The molecule has 0 bridgehead atoms. The van der Waals surface area contributed by atoms with E-state index in [1.807, 2.05) is 13.8 Å². The van der Waals surface area contributed by atoms with E-state index in [-0.39, 0.29) is 28.0 Å². The van der Waals surface area contributed by atoms with Crippen LogP contribution in [-0.2, 0) is 0 Å². The molecular formula is C13H16BrNO4. The number of rotatable bonds is 5. The highest BCUT2D eigenvalue weighted by Gasteiger charge is 2.15. The second-order valence-corrected chi connectivity index (χ2v) is 5.40. The summed E-state index contributed by atoms with van der Waals surface area (Å²) in [5, 5.41) is 20.7. The number of nitrogens with zero attached hydrogens (tertiary/aromatic N) is 1. The molecule has 0 unspecified atom stereocenters. The molecule has 0 heterocycles. The molecule has 1 N–H and O–H groups in total. The molecule has 0 saturated carbocycles. The molecule has 1 rings (SSSR count). The number of hydrogen-bond donors (Lipinski definition) is 1. The highest BCUT2D eigenvalue weighted by Crippen LogP contribution is 2.36. The summed E-state index contributed by atoms with van der Waals surface area (Å²) < 4.78 is 5.45. The van der Waals surface area contributed by atoms with Gasteiger partial charge in [0.05, 0.1) is 16.5 Å². The van der Waals surface area contributed by atoms with E-state index in [9.17, 15) is 15.2 Å². The van der Waals surface area contributed by atoms with Gasteiger partial charge in [0.25, 0.3) is 0 Å². The fourth-order valence-corrected chi connectivity index (χ4v) is 2.09. The van der Waals surface area contributed by atoms with Crippen LogP contribution in [0.1, 0.15) is 25.8 Å². The van der Waals surface area contributed by atoms with E-state index in [1.165, 1.54) is 13.2 Å². The van der Waals surface area contributed by atoms with Crippen molar-refractivity contribution < 1.29 is 14.8 Å². The summed E-state index contributed by atoms with van der Waals surface area (Å²) in [4.78, 5) is 10.6. The molecule has 5 nitrogen and oxygen atoms in total. The summed E-state index contributed by atoms with van der Waals surface area (Å²) in [5.74, 6) is 0.443. The molecule has 0 fully saturated rings. The number of ether oxygens (including phenoxy) is 1. The Labute approximate surface area is 120 Å². The minimum atomic E-state index is -0.382. The first-order chi connectivity index (χ1) is 8.85. The smallest absolute Gasteiger partial charge is 0.247 e. The molecule has 6 heteroatoms. The van der Waals surface area contributed by atoms with Gasteiger partial charge in [-0.25, -0.2) is 0 Å². The van der Waals surface area contributed by atoms with Crippen molar-refractivity contribution in [2.75, 3.05) is 7.11 Å². The normalized spacial score (nSPS) is 11.7. The zero-order chi connectivity index (χ0) is 14.6. The molecule has 1 aromatic carbocycles. The first kappa shape index (κ1) is 15.5. The lowest BCUT2D eigenvalue weighted by atomic mass is 10.1. The molecule has 0 radical (unpaired) electrons. The molecule has 0 saturated heterocycles. The fraction of sp³-hybridized carbons (Fsp3) is 0.385. The molecule has 1 aromatic rings. The number of phenolic OH excluding ortho intramolecular Hbond substituents is 1. The third kappa shape index (κ3) is 4.24. The van der Waals surface area contributed by atoms with E-state index in [0.717, 1.165) is 0 Å². The maximum absolute atomic E-state index is 11.0. The highest BCUT2D eigenvalue weighted by molar-refractivity contribution is 9.10. The van der Waals surface area contributed by atoms with E-state index < -0.39 is 0 Å². The zero-order valence-corrected chi connectivity index (χ0v) is 12.6. The average Bonchev–Trinajstić information content (AvgIpc) is 2.31. The first-order valence-corrected chi connectivity index (χ1v) is 6.56. The van der Waals surface area contributed by atoms with Crippen LogP contribution in [0.4, 0.5) is 0 Å². The summed E-state index contributed by atoms with van der Waals surface area (Å²) in [5.41, 5.74) is 0.739. The van der Waals surface area contributed by atoms with Gasteiger partial charge in [-0.15, -0.1) is 0 Å². The average molecular weight is 330 g/mol. The first-order valence-electron chi connectivity index (χ1n) is 5.76. The van der Waals surface area contributed by atoms with Gasteiger partial charge in [-0.2, -0.15) is 0 Å². The molecule has 104 valence electrons. The van der Waals surface area contributed by atoms with Gasteiger partial charge in [0.2, 0.25) is 5.70 Å². The van der Waals surface area contributed by atoms with Gasteiger partial charge in [-0.05, 0) is 39.5 Å². The number of allylic oxidation sites excluding steroid dienone is 1. The molecule has 0 spiro atoms. The van der Waals surface area contributed by atoms with Crippen molar-refractivity contribution in [3.05, 3.63) is 38.0 Å². The van der Waals surface area contributed by atoms with Crippen LogP contribution in [0.25, 0.3) is 6.08 Å². The lowest BCUT2D eigenvalue weighted by Gasteiger charge is -2.07. The fourth-order valence-electron chi connectivity index (χ4n) is 1.63. The predicted octanol–water partition coefficient (Wildman–Crippen LogP) is 3.83. The van der Waals surface area contributed by atoms with E-state index in [0.29, 0.717) is 16.5 Å². The van der Waals surface area contributed by atoms with E-state index in [1.54, 1.807) is 12.1 Å². The van der Waals surface area contributed by atoms with Crippen LogP contribution in [0.3, 0.4) is 0 Å². The lowest BCUT2D eigenvalue weighted by molar-refractivity contribution is -0.427. The number of halogens is 1. The van der Waals surface area contributed by atoms with E-state index in [2.05, 4.69) is 15.9 Å². The number of nitro groups is 1. The van der Waals surface area contributed by atoms with Crippen molar-refractivity contribution in [1.82, 2.24) is 0 Å². The second kappa shape index (κ2) is 6.56. The Morgan fingerprint density at radius 3 is 2.68 bits per heavy atom. The van der Waals surface area contributed by atoms with Crippen LogP contribution in [0.15, 0.2) is 22.3 Å². The minimum Gasteiger partial charge on any atom is -0.503 e. The van der Waals surface area contributed by atoms with Crippen LogP contribution >= 0.6 is 15.9 Å². The number of benzene rings is 1. The summed E-state index contributed by atoms with van der Waals surface area (Å²) >= 11 is 3.19. The molecule has 0 aliphatic heterocycles. The topological polar surface area (TPSA) is 72.6 Å². The van der Waals surface area contributed by atoms with Crippen molar-refractivity contribution in [3.8, 4) is 11.5 Å². The molecule has 0 aliphatic carbocycles. The molecule has 0 amide bonds. The van der Waals surface area contributed by atoms with Gasteiger partial charge in [0, 0.05) is 12.5 Å². The Hall–Kier alpha value is -1.56. The SMILES string of the molecule is COc1cc(/C=C(/CC(C)C)[N+](=O)[O-])cc(Br)c1O. The Kier molecular flexibility index (Phi) is 5.35. The number of phenols is 1. The molecule has 19 heavy (non-hydrogen) atoms. The molecular weight excluding hydrogens is 314 g/mol. The molecule has 0 aliphatic rings. The largest absolute Gasteiger partial charge is 0.503 e. The third-order valence-electron chi connectivity index (χ3n) is 2.46. The van der Waals surface area contributed by atoms with Crippen molar-refractivity contribution in [3.63, 3.8) is 0 Å². The lowest BCUT2D eigenvalue weighted by Crippen LogP contribution is -2.02. The Bertz CT molecular complexity index is 512. The predicted molar refractivity (Wildman–Crippen MR) is 76.8 cm³/mol. The standard InChI is InChI=1S/C13H16BrNO4/c1-8(2)4-10(15(17)18)5-9-6-11(14)13(16)12(7-9)19-3/h5-8,16H,4H2,1-3H3/b10-5-. The molecule has 0 atom stereocenters. The zero-order valence-electron chi connectivity index (χ0n) is 11.0. The Balaban J connectivity index is 3.21. The second-order valence-electron chi connectivity index (χ2n) is 4.54. The third-order valence-corrected chi connectivity index (χ3v) is 3.06. The maximum Gasteiger partial charge on any atom is 0.247 e. The highest BCUT2D eigenvalue weighted by atomic mass is 79.9. The maximum atomic E-state index is 11.0. The van der Waals surface area contributed by atoms with Gasteiger partial charge in [-0.3, -0.25) is 10.1 Å². The van der Waals surface area contributed by atoms with E-state index >= 15 is 0 Å². The van der Waals surface area contributed by atoms with Gasteiger partial charge in [0.15, 0.2) is 11.5 Å². The molecule has 0 aromatic heterocycles. The summed E-state index contributed by atoms with van der Waals surface area (Å²) in [6, 6.07) is 3.17. The summed E-state index contributed by atoms with van der Waals surface area (Å²) in [6.45, 7) is 3.84. The van der Waals surface area contributed by atoms with Gasteiger partial charge >= 0.3 is 0 Å². The quantitative estimate of drug-likeness (QED) is 0.658.